The van der Waals surface area contributed by atoms with E-state index >= 15 is 0 Å². The minimum atomic E-state index is 0.600. The Morgan fingerprint density at radius 2 is 1.88 bits per heavy atom. The van der Waals surface area contributed by atoms with Crippen molar-refractivity contribution in [3.63, 3.8) is 0 Å². The fraction of sp³-hybridized carbons (Fsp3) is 0.238. The highest BCUT2D eigenvalue weighted by Gasteiger charge is 2.15. The van der Waals surface area contributed by atoms with Gasteiger partial charge in [0.2, 0.25) is 0 Å². The molecule has 0 amide bonds. The molecule has 4 rings (SSSR count). The molecule has 1 aromatic heterocycles. The zero-order valence-electron chi connectivity index (χ0n) is 14.1. The lowest BCUT2D eigenvalue weighted by Gasteiger charge is -2.28. The Morgan fingerprint density at radius 3 is 2.76 bits per heavy atom. The molecule has 1 aliphatic heterocycles. The summed E-state index contributed by atoms with van der Waals surface area (Å²) in [7, 11) is 0. The van der Waals surface area contributed by atoms with Crippen molar-refractivity contribution < 1.29 is 0 Å². The normalized spacial score (nSPS) is 14.0. The number of para-hydroxylation sites is 1. The fourth-order valence-electron chi connectivity index (χ4n) is 3.50. The molecule has 0 radical (unpaired) electrons. The molecule has 0 fully saturated rings. The van der Waals surface area contributed by atoms with Crippen LogP contribution in [0.1, 0.15) is 16.7 Å². The summed E-state index contributed by atoms with van der Waals surface area (Å²) in [5.74, 6) is 0. The number of nitriles is 1. The van der Waals surface area contributed by atoms with Crippen LogP contribution in [0.2, 0.25) is 0 Å². The van der Waals surface area contributed by atoms with Gasteiger partial charge in [0.25, 0.3) is 0 Å². The van der Waals surface area contributed by atoms with Crippen molar-refractivity contribution in [3.8, 4) is 6.07 Å². The van der Waals surface area contributed by atoms with Gasteiger partial charge < -0.3 is 5.32 Å². The van der Waals surface area contributed by atoms with Crippen LogP contribution in [0.4, 0.5) is 5.69 Å². The molecule has 4 heteroatoms. The number of anilines is 1. The van der Waals surface area contributed by atoms with E-state index in [-0.39, 0.29) is 0 Å². The molecule has 2 heterocycles. The van der Waals surface area contributed by atoms with Crippen molar-refractivity contribution in [2.45, 2.75) is 13.0 Å². The molecule has 1 aliphatic rings. The number of nitrogens with one attached hydrogen (secondary N) is 1. The molecular formula is C21H20N4. The quantitative estimate of drug-likeness (QED) is 0.795. The summed E-state index contributed by atoms with van der Waals surface area (Å²) >= 11 is 0. The van der Waals surface area contributed by atoms with Crippen LogP contribution in [0, 0.1) is 11.3 Å². The first-order chi connectivity index (χ1) is 12.3. The molecule has 124 valence electrons. The van der Waals surface area contributed by atoms with Gasteiger partial charge in [0.15, 0.2) is 0 Å². The Bertz CT molecular complexity index is 942. The first-order valence-electron chi connectivity index (χ1n) is 8.66. The first kappa shape index (κ1) is 15.6. The van der Waals surface area contributed by atoms with Gasteiger partial charge in [-0.1, -0.05) is 42.5 Å². The summed E-state index contributed by atoms with van der Waals surface area (Å²) < 4.78 is 0. The second-order valence-electron chi connectivity index (χ2n) is 6.40. The van der Waals surface area contributed by atoms with Crippen LogP contribution in [0.3, 0.4) is 0 Å². The molecule has 0 spiro atoms. The van der Waals surface area contributed by atoms with E-state index in [2.05, 4.69) is 45.5 Å². The van der Waals surface area contributed by atoms with Crippen molar-refractivity contribution >= 4 is 16.6 Å². The lowest BCUT2D eigenvalue weighted by atomic mass is 10.00. The van der Waals surface area contributed by atoms with Gasteiger partial charge >= 0.3 is 0 Å². The average Bonchev–Trinajstić information content (AvgIpc) is 2.68. The highest BCUT2D eigenvalue weighted by molar-refractivity contribution is 5.93. The predicted molar refractivity (Wildman–Crippen MR) is 100 cm³/mol. The molecule has 0 aliphatic carbocycles. The molecule has 0 bridgehead atoms. The highest BCUT2D eigenvalue weighted by Crippen LogP contribution is 2.25. The summed E-state index contributed by atoms with van der Waals surface area (Å²) in [5, 5.41) is 13.9. The Morgan fingerprint density at radius 1 is 1.08 bits per heavy atom. The number of hydrogen-bond acceptors (Lipinski definition) is 4. The van der Waals surface area contributed by atoms with Crippen LogP contribution in [0.25, 0.3) is 10.9 Å². The van der Waals surface area contributed by atoms with Crippen molar-refractivity contribution in [1.29, 1.82) is 5.26 Å². The van der Waals surface area contributed by atoms with Crippen LogP contribution in [0.15, 0.2) is 54.7 Å². The average molecular weight is 328 g/mol. The Labute approximate surface area is 147 Å². The molecule has 3 aromatic rings. The minimum absolute atomic E-state index is 0.600. The second-order valence-corrected chi connectivity index (χ2v) is 6.40. The van der Waals surface area contributed by atoms with Crippen LogP contribution < -0.4 is 5.32 Å². The Kier molecular flexibility index (Phi) is 4.32. The van der Waals surface area contributed by atoms with Gasteiger partial charge in [0.1, 0.15) is 6.07 Å². The monoisotopic (exact) mass is 328 g/mol. The Hall–Kier alpha value is -2.90. The molecule has 25 heavy (non-hydrogen) atoms. The molecule has 1 N–H and O–H groups in total. The second kappa shape index (κ2) is 6.92. The number of nitrogens with zero attached hydrogens (tertiary/aromatic N) is 3. The third kappa shape index (κ3) is 3.19. The number of hydrogen-bond donors (Lipinski definition) is 1. The summed E-state index contributed by atoms with van der Waals surface area (Å²) in [4.78, 5) is 6.83. The van der Waals surface area contributed by atoms with Crippen LogP contribution in [-0.2, 0) is 13.0 Å². The van der Waals surface area contributed by atoms with Crippen LogP contribution in [-0.4, -0.2) is 29.5 Å². The van der Waals surface area contributed by atoms with Gasteiger partial charge in [-0.15, -0.1) is 0 Å². The molecule has 4 nitrogen and oxygen atoms in total. The number of rotatable bonds is 4. The first-order valence-corrected chi connectivity index (χ1v) is 8.66. The van der Waals surface area contributed by atoms with Gasteiger partial charge in [-0.05, 0) is 23.6 Å². The van der Waals surface area contributed by atoms with E-state index < -0.39 is 0 Å². The number of fused-ring (bicyclic) bond motifs is 2. The fourth-order valence-corrected chi connectivity index (χ4v) is 3.50. The van der Waals surface area contributed by atoms with E-state index in [1.165, 1.54) is 11.1 Å². The molecule has 0 saturated carbocycles. The zero-order valence-corrected chi connectivity index (χ0v) is 14.1. The third-order valence-corrected chi connectivity index (χ3v) is 4.84. The zero-order chi connectivity index (χ0) is 17.1. The summed E-state index contributed by atoms with van der Waals surface area (Å²) in [6.45, 7) is 3.85. The van der Waals surface area contributed by atoms with E-state index in [0.29, 0.717) is 5.56 Å². The highest BCUT2D eigenvalue weighted by atomic mass is 15.1. The molecule has 2 aromatic carbocycles. The van der Waals surface area contributed by atoms with Crippen molar-refractivity contribution in [3.05, 3.63) is 71.4 Å². The maximum atomic E-state index is 9.39. The number of aromatic nitrogens is 1. The van der Waals surface area contributed by atoms with Crippen molar-refractivity contribution in [1.82, 2.24) is 9.88 Å². The molecular weight excluding hydrogens is 308 g/mol. The standard InChI is InChI=1S/C21H20N4/c22-13-18-14-24-20-8-4-3-7-19(20)21(18)23-10-12-25-11-9-16-5-1-2-6-17(16)15-25/h1-8,14H,9-12,15H2,(H,23,24). The van der Waals surface area contributed by atoms with E-state index in [4.69, 9.17) is 0 Å². The van der Waals surface area contributed by atoms with E-state index in [9.17, 15) is 5.26 Å². The van der Waals surface area contributed by atoms with E-state index in [1.807, 2.05) is 24.3 Å². The van der Waals surface area contributed by atoms with Crippen LogP contribution >= 0.6 is 0 Å². The Balaban J connectivity index is 1.46. The number of pyridine rings is 1. The lowest BCUT2D eigenvalue weighted by Crippen LogP contribution is -2.34. The topological polar surface area (TPSA) is 52.0 Å². The smallest absolute Gasteiger partial charge is 0.103 e. The minimum Gasteiger partial charge on any atom is -0.382 e. The van der Waals surface area contributed by atoms with E-state index in [1.54, 1.807) is 6.20 Å². The lowest BCUT2D eigenvalue weighted by molar-refractivity contribution is 0.264. The largest absolute Gasteiger partial charge is 0.382 e. The van der Waals surface area contributed by atoms with Crippen molar-refractivity contribution in [2.75, 3.05) is 25.0 Å². The predicted octanol–water partition coefficient (Wildman–Crippen LogP) is 3.58. The number of benzene rings is 2. The van der Waals surface area contributed by atoms with Gasteiger partial charge in [-0.3, -0.25) is 9.88 Å². The third-order valence-electron chi connectivity index (χ3n) is 4.84. The summed E-state index contributed by atoms with van der Waals surface area (Å²) in [6, 6.07) is 18.9. The van der Waals surface area contributed by atoms with Gasteiger partial charge in [0, 0.05) is 37.8 Å². The van der Waals surface area contributed by atoms with Gasteiger partial charge in [-0.25, -0.2) is 0 Å². The maximum Gasteiger partial charge on any atom is 0.103 e. The summed E-state index contributed by atoms with van der Waals surface area (Å²) in [6.07, 6.45) is 2.76. The van der Waals surface area contributed by atoms with Gasteiger partial charge in [-0.2, -0.15) is 5.26 Å². The van der Waals surface area contributed by atoms with Crippen LogP contribution in [0.5, 0.6) is 0 Å². The van der Waals surface area contributed by atoms with Crippen molar-refractivity contribution in [2.24, 2.45) is 0 Å². The SMILES string of the molecule is N#Cc1cnc2ccccc2c1NCCN1CCc2ccccc2C1. The van der Waals surface area contributed by atoms with E-state index in [0.717, 1.165) is 49.2 Å². The molecule has 0 saturated heterocycles. The maximum absolute atomic E-state index is 9.39. The van der Waals surface area contributed by atoms with Gasteiger partial charge in [0.05, 0.1) is 16.8 Å². The molecule has 0 unspecified atom stereocenters. The molecule has 0 atom stereocenters. The summed E-state index contributed by atoms with van der Waals surface area (Å²) in [5.41, 5.74) is 5.31.